The molecule has 0 unspecified atom stereocenters. The van der Waals surface area contributed by atoms with Gasteiger partial charge < -0.3 is 19.2 Å². The number of aryl methyl sites for hydroxylation is 3. The first kappa shape index (κ1) is 51.5. The summed E-state index contributed by atoms with van der Waals surface area (Å²) in [6, 6.07) is 66.2. The maximum atomic E-state index is 8.40. The van der Waals surface area contributed by atoms with Gasteiger partial charge in [0.25, 0.3) is 0 Å². The number of benzene rings is 7. The Morgan fingerprint density at radius 3 is 1.43 bits per heavy atom. The normalized spacial score (nSPS) is 11.5. The first-order valence-corrected chi connectivity index (χ1v) is 25.9. The monoisotopic (exact) mass is 1130 g/mol. The second-order valence-electron chi connectivity index (χ2n) is 19.2. The molecule has 7 aromatic carbocycles. The topological polar surface area (TPSA) is 64.4 Å². The summed E-state index contributed by atoms with van der Waals surface area (Å²) in [6.45, 7) is 5.29. The van der Waals surface area contributed by atoms with Gasteiger partial charge in [-0.25, -0.2) is 0 Å². The van der Waals surface area contributed by atoms with E-state index in [2.05, 4.69) is 179 Å². The summed E-state index contributed by atoms with van der Waals surface area (Å²) in [5.41, 5.74) is 16.2. The number of rotatable bonds is 19. The zero-order chi connectivity index (χ0) is 48.9. The Balaban J connectivity index is 0.000000809. The van der Waals surface area contributed by atoms with Crippen molar-refractivity contribution in [3.05, 3.63) is 211 Å². The molecule has 2 N–H and O–H groups in total. The second-order valence-corrected chi connectivity index (χ2v) is 19.2. The number of aromatic nitrogens is 3. The average molecular weight is 1130 g/mol. The minimum Gasteiger partial charge on any atom is -0.512 e. The Morgan fingerprint density at radius 2 is 0.972 bits per heavy atom. The molecule has 6 heteroatoms. The maximum absolute atomic E-state index is 8.40. The Kier molecular flexibility index (Phi) is 17.9. The number of fused-ring (bicyclic) bond motifs is 6. The van der Waals surface area contributed by atoms with Crippen LogP contribution in [0.5, 0.6) is 0 Å². The van der Waals surface area contributed by atoms with Crippen LogP contribution in [0, 0.1) is 6.07 Å². The number of hydrogen-bond donors (Lipinski definition) is 1. The van der Waals surface area contributed by atoms with Crippen LogP contribution >= 0.6 is 0 Å². The number of hydrogen-bond acceptors (Lipinski definition) is 2. The summed E-state index contributed by atoms with van der Waals surface area (Å²) in [4.78, 5) is 12.9. The van der Waals surface area contributed by atoms with E-state index in [4.69, 9.17) is 9.90 Å². The molecule has 3 heterocycles. The van der Waals surface area contributed by atoms with E-state index in [-0.39, 0.29) is 31.6 Å². The Morgan fingerprint density at radius 1 is 0.514 bits per heavy atom. The van der Waals surface area contributed by atoms with E-state index in [9.17, 15) is 0 Å². The van der Waals surface area contributed by atoms with Crippen molar-refractivity contribution in [3.63, 3.8) is 0 Å². The second kappa shape index (κ2) is 25.0. The number of nitrogens with zero attached hydrogens (tertiary/aromatic N) is 3. The summed E-state index contributed by atoms with van der Waals surface area (Å²) in [7, 11) is 0. The van der Waals surface area contributed by atoms with E-state index in [1.165, 1.54) is 167 Å². The third-order valence-electron chi connectivity index (χ3n) is 13.8. The van der Waals surface area contributed by atoms with Crippen LogP contribution in [-0.2, 0) is 39.4 Å². The van der Waals surface area contributed by atoms with Crippen molar-refractivity contribution in [1.82, 2.24) is 14.1 Å². The first-order chi connectivity index (χ1) is 34.8. The molecule has 10 aromatic rings. The molecule has 0 fully saturated rings. The summed E-state index contributed by atoms with van der Waals surface area (Å²) in [5, 5.41) is 13.7. The van der Waals surface area contributed by atoms with Crippen molar-refractivity contribution in [2.75, 3.05) is 0 Å². The Bertz CT molecular complexity index is 3400. The van der Waals surface area contributed by atoms with E-state index in [0.717, 1.165) is 30.5 Å². The first-order valence-electron chi connectivity index (χ1n) is 25.9. The van der Waals surface area contributed by atoms with E-state index in [1.54, 1.807) is 0 Å². The molecular formula is C66H67IrN3O2. The van der Waals surface area contributed by atoms with E-state index >= 15 is 0 Å². The van der Waals surface area contributed by atoms with Crippen LogP contribution in [0.1, 0.15) is 102 Å². The molecule has 0 bridgehead atoms. The number of carbonyl (C=O) groups excluding carboxylic acids is 1. The molecule has 0 saturated carbocycles. The van der Waals surface area contributed by atoms with Crippen molar-refractivity contribution in [2.24, 2.45) is 0 Å². The number of aliphatic hydroxyl groups is 1. The number of unbranched alkanes of at least 4 members (excludes halogenated alkanes) is 8. The van der Waals surface area contributed by atoms with E-state index in [1.807, 2.05) is 24.4 Å². The average Bonchev–Trinajstić information content (AvgIpc) is 3.91. The van der Waals surface area contributed by atoms with Crippen molar-refractivity contribution < 1.29 is 30.0 Å². The molecule has 0 saturated heterocycles. The zero-order valence-corrected chi connectivity index (χ0v) is 44.5. The van der Waals surface area contributed by atoms with Gasteiger partial charge >= 0.3 is 5.78 Å². The fraction of sp³-hybridized carbons (Fsp3) is 0.242. The number of aliphatic hydroxyl groups excluding tert-OH is 1. The Hall–Kier alpha value is -6.85. The van der Waals surface area contributed by atoms with Gasteiger partial charge in [-0.2, -0.15) is 0 Å². The molecule has 1 radical (unpaired) electrons. The molecule has 5 nitrogen and oxygen atoms in total. The van der Waals surface area contributed by atoms with Gasteiger partial charge in [0.15, 0.2) is 0 Å². The predicted octanol–water partition coefficient (Wildman–Crippen LogP) is 17.7. The summed E-state index contributed by atoms with van der Waals surface area (Å²) in [5.74, 6) is 0.250. The van der Waals surface area contributed by atoms with Crippen LogP contribution in [0.25, 0.3) is 77.4 Å². The number of ketones is 1. The zero-order valence-electron chi connectivity index (χ0n) is 42.1. The number of para-hydroxylation sites is 2. The summed E-state index contributed by atoms with van der Waals surface area (Å²) < 4.78 is 4.87. The van der Waals surface area contributed by atoms with Crippen LogP contribution in [0.3, 0.4) is 0 Å². The molecular weight excluding hydrogens is 1060 g/mol. The quantitative estimate of drug-likeness (QED) is 0.0288. The molecule has 0 spiro atoms. The molecule has 0 aliphatic heterocycles. The standard InChI is InChI=1S/C61H58N3.C5H8O2.Ir/c1-2-3-4-5-6-9-20-46-29-39-60-55(43-46)53-24-12-14-27-58(53)63(60)51-35-31-48(32-36-51)49-33-37-52(38-34-49)64-59-28-15-13-25-54(59)56-44-47(30-40-61(56)64)21-11-8-7-10-19-45-22-18-23-50(42-45)57-26-16-17-41-62-57;1-4(6)3-5(2)7;/h12-18,22,24-44H,2-11,19-21H2,1H3;3,6H,1-2H3;/q-1;;/p+1/b;4-3-;. The molecule has 0 atom stereocenters. The minimum atomic E-state index is 0. The van der Waals surface area contributed by atoms with Crippen LogP contribution < -0.4 is 0 Å². The third kappa shape index (κ3) is 12.4. The van der Waals surface area contributed by atoms with Crippen molar-refractivity contribution in [3.8, 4) is 33.8 Å². The molecule has 0 amide bonds. The molecule has 0 aliphatic rings. The molecule has 10 rings (SSSR count). The van der Waals surface area contributed by atoms with Gasteiger partial charge in [0.05, 0.1) is 40.8 Å². The van der Waals surface area contributed by atoms with Crippen LogP contribution in [0.2, 0.25) is 0 Å². The van der Waals surface area contributed by atoms with Crippen LogP contribution in [0.15, 0.2) is 188 Å². The number of pyridine rings is 1. The summed E-state index contributed by atoms with van der Waals surface area (Å²) >= 11 is 0. The predicted molar refractivity (Wildman–Crippen MR) is 301 cm³/mol. The van der Waals surface area contributed by atoms with Gasteiger partial charge in [-0.15, -0.1) is 35.4 Å². The Labute approximate surface area is 439 Å². The molecule has 367 valence electrons. The maximum Gasteiger partial charge on any atom is 0.316 e. The third-order valence-corrected chi connectivity index (χ3v) is 13.8. The van der Waals surface area contributed by atoms with Gasteiger partial charge in [0.2, 0.25) is 0 Å². The molecule has 0 aliphatic carbocycles. The SMILES string of the molecule is CC(=[OH+])/C=C(/C)O.CCCCCCCCc1ccc2c(c1)c1ccccc1n2-c1ccc(-c2ccc(-n3c4ccccc4c4cc(CCCCCCc5cc[c-]c(-c6ccccn6)c5)ccc43)cc2)cc1.[Ir]. The van der Waals surface area contributed by atoms with Gasteiger partial charge in [0.1, 0.15) is 0 Å². The van der Waals surface area contributed by atoms with Gasteiger partial charge in [-0.05, 0) is 134 Å². The number of allylic oxidation sites excluding steroid dienone is 2. The largest absolute Gasteiger partial charge is 0.512 e. The molecule has 3 aromatic heterocycles. The van der Waals surface area contributed by atoms with Crippen LogP contribution in [-0.4, -0.2) is 29.8 Å². The van der Waals surface area contributed by atoms with Gasteiger partial charge in [0, 0.05) is 59.2 Å². The molecule has 72 heavy (non-hydrogen) atoms. The minimum absolute atomic E-state index is 0. The van der Waals surface area contributed by atoms with E-state index < -0.39 is 0 Å². The smallest absolute Gasteiger partial charge is 0.316 e. The fourth-order valence-corrected chi connectivity index (χ4v) is 10.3. The van der Waals surface area contributed by atoms with Crippen LogP contribution in [0.4, 0.5) is 0 Å². The van der Waals surface area contributed by atoms with Gasteiger partial charge in [-0.1, -0.05) is 143 Å². The van der Waals surface area contributed by atoms with Crippen molar-refractivity contribution in [1.29, 1.82) is 0 Å². The summed E-state index contributed by atoms with van der Waals surface area (Å²) in [6.07, 6.45) is 19.3. The van der Waals surface area contributed by atoms with E-state index in [0.29, 0.717) is 0 Å². The fourth-order valence-electron chi connectivity index (χ4n) is 10.3. The van der Waals surface area contributed by atoms with Crippen molar-refractivity contribution in [2.45, 2.75) is 104 Å². The van der Waals surface area contributed by atoms with Gasteiger partial charge in [-0.3, -0.25) is 4.79 Å². The van der Waals surface area contributed by atoms with Crippen molar-refractivity contribution >= 4 is 49.4 Å².